The Morgan fingerprint density at radius 2 is 2.18 bits per heavy atom. The third-order valence-electron chi connectivity index (χ3n) is 3.19. The first-order valence-electron chi connectivity index (χ1n) is 6.15. The molecule has 92 valence electrons. The van der Waals surface area contributed by atoms with Gasteiger partial charge in [0.15, 0.2) is 0 Å². The lowest BCUT2D eigenvalue weighted by Crippen LogP contribution is -2.33. The summed E-state index contributed by atoms with van der Waals surface area (Å²) in [6.07, 6.45) is 5.52. The zero-order valence-electron chi connectivity index (χ0n) is 10.1. The van der Waals surface area contributed by atoms with Crippen molar-refractivity contribution >= 4 is 0 Å². The highest BCUT2D eigenvalue weighted by Gasteiger charge is 2.39. The van der Waals surface area contributed by atoms with Gasteiger partial charge in [-0.15, -0.1) is 0 Å². The van der Waals surface area contributed by atoms with Crippen molar-refractivity contribution in [2.24, 2.45) is 0 Å². The van der Waals surface area contributed by atoms with Crippen LogP contribution in [0.4, 0.5) is 0 Å². The van der Waals surface area contributed by atoms with E-state index < -0.39 is 0 Å². The number of hydrogen-bond donors (Lipinski definition) is 0. The molecule has 0 saturated heterocycles. The van der Waals surface area contributed by atoms with Crippen LogP contribution in [-0.2, 0) is 16.8 Å². The van der Waals surface area contributed by atoms with Gasteiger partial charge in [-0.3, -0.25) is 0 Å². The first-order valence-corrected chi connectivity index (χ1v) is 6.15. The third-order valence-corrected chi connectivity index (χ3v) is 3.19. The van der Waals surface area contributed by atoms with E-state index in [0.717, 1.165) is 25.7 Å². The van der Waals surface area contributed by atoms with Crippen LogP contribution in [0.15, 0.2) is 4.52 Å². The van der Waals surface area contributed by atoms with Gasteiger partial charge in [0.05, 0.1) is 6.07 Å². The molecule has 1 aliphatic rings. The van der Waals surface area contributed by atoms with Crippen LogP contribution in [0.25, 0.3) is 0 Å². The molecule has 0 spiro atoms. The van der Waals surface area contributed by atoms with E-state index in [-0.39, 0.29) is 12.0 Å². The maximum absolute atomic E-state index is 8.60. The van der Waals surface area contributed by atoms with Gasteiger partial charge in [-0.1, -0.05) is 24.4 Å². The van der Waals surface area contributed by atoms with Crippen LogP contribution >= 0.6 is 0 Å². The topological polar surface area (TPSA) is 71.9 Å². The van der Waals surface area contributed by atoms with Crippen LogP contribution in [0.1, 0.15) is 50.7 Å². The Hall–Kier alpha value is -1.41. The summed E-state index contributed by atoms with van der Waals surface area (Å²) in [6, 6.07) is 2.01. The summed E-state index contributed by atoms with van der Waals surface area (Å²) in [6.45, 7) is 2.62. The third kappa shape index (κ3) is 2.47. The lowest BCUT2D eigenvalue weighted by atomic mass is 9.84. The fourth-order valence-electron chi connectivity index (χ4n) is 2.41. The number of rotatable bonds is 4. The molecule has 1 saturated carbocycles. The van der Waals surface area contributed by atoms with E-state index >= 15 is 0 Å². The van der Waals surface area contributed by atoms with Crippen molar-refractivity contribution in [2.75, 3.05) is 6.61 Å². The molecule has 0 radical (unpaired) electrons. The summed E-state index contributed by atoms with van der Waals surface area (Å²) in [4.78, 5) is 4.29. The van der Waals surface area contributed by atoms with Crippen LogP contribution in [-0.4, -0.2) is 16.7 Å². The summed E-state index contributed by atoms with van der Waals surface area (Å²) in [7, 11) is 0. The van der Waals surface area contributed by atoms with Crippen LogP contribution in [0.2, 0.25) is 0 Å². The summed E-state index contributed by atoms with van der Waals surface area (Å²) < 4.78 is 10.9. The Labute approximate surface area is 101 Å². The minimum atomic E-state index is -0.385. The standard InChI is InChI=1S/C12H17N3O2/c1-2-16-12(7-4-3-5-8-12)11-14-10(6-9-13)17-15-11/h2-8H2,1H3. The summed E-state index contributed by atoms with van der Waals surface area (Å²) >= 11 is 0. The van der Waals surface area contributed by atoms with Gasteiger partial charge in [0.1, 0.15) is 12.0 Å². The van der Waals surface area contributed by atoms with Crippen molar-refractivity contribution in [3.63, 3.8) is 0 Å². The number of nitriles is 1. The lowest BCUT2D eigenvalue weighted by Gasteiger charge is -2.33. The van der Waals surface area contributed by atoms with Crippen molar-refractivity contribution in [1.82, 2.24) is 10.1 Å². The molecule has 0 N–H and O–H groups in total. The zero-order valence-corrected chi connectivity index (χ0v) is 10.1. The first-order chi connectivity index (χ1) is 8.30. The van der Waals surface area contributed by atoms with Crippen molar-refractivity contribution in [1.29, 1.82) is 5.26 Å². The van der Waals surface area contributed by atoms with Gasteiger partial charge in [0.2, 0.25) is 11.7 Å². The Morgan fingerprint density at radius 3 is 2.82 bits per heavy atom. The van der Waals surface area contributed by atoms with Crippen molar-refractivity contribution in [3.8, 4) is 6.07 Å². The maximum atomic E-state index is 8.60. The molecule has 0 bridgehead atoms. The number of aromatic nitrogens is 2. The second-order valence-corrected chi connectivity index (χ2v) is 4.33. The lowest BCUT2D eigenvalue weighted by molar-refractivity contribution is -0.0777. The van der Waals surface area contributed by atoms with E-state index in [4.69, 9.17) is 14.5 Å². The van der Waals surface area contributed by atoms with Gasteiger partial charge in [0, 0.05) is 6.61 Å². The summed E-state index contributed by atoms with van der Waals surface area (Å²) in [5.41, 5.74) is -0.385. The van der Waals surface area contributed by atoms with Crippen LogP contribution < -0.4 is 0 Å². The van der Waals surface area contributed by atoms with E-state index in [0.29, 0.717) is 18.3 Å². The van der Waals surface area contributed by atoms with Crippen LogP contribution in [0.3, 0.4) is 0 Å². The SMILES string of the molecule is CCOC1(c2noc(CC#N)n2)CCCCC1. The van der Waals surface area contributed by atoms with E-state index in [1.54, 1.807) is 0 Å². The molecule has 5 nitrogen and oxygen atoms in total. The minimum absolute atomic E-state index is 0.162. The first kappa shape index (κ1) is 12.1. The highest BCUT2D eigenvalue weighted by Crippen LogP contribution is 2.38. The Morgan fingerprint density at radius 1 is 1.41 bits per heavy atom. The monoisotopic (exact) mass is 235 g/mol. The minimum Gasteiger partial charge on any atom is -0.367 e. The summed E-state index contributed by atoms with van der Waals surface area (Å²) in [5.74, 6) is 0.997. The fourth-order valence-corrected chi connectivity index (χ4v) is 2.41. The Balaban J connectivity index is 2.22. The summed E-state index contributed by atoms with van der Waals surface area (Å²) in [5, 5.41) is 12.6. The van der Waals surface area contributed by atoms with Gasteiger partial charge < -0.3 is 9.26 Å². The van der Waals surface area contributed by atoms with E-state index in [9.17, 15) is 0 Å². The number of hydrogen-bond acceptors (Lipinski definition) is 5. The van der Waals surface area contributed by atoms with Gasteiger partial charge in [-0.2, -0.15) is 10.2 Å². The van der Waals surface area contributed by atoms with Crippen LogP contribution in [0.5, 0.6) is 0 Å². The second-order valence-electron chi connectivity index (χ2n) is 4.33. The number of ether oxygens (including phenoxy) is 1. The zero-order chi connectivity index (χ0) is 12.1. The molecule has 0 aliphatic heterocycles. The van der Waals surface area contributed by atoms with Crippen molar-refractivity contribution < 1.29 is 9.26 Å². The second kappa shape index (κ2) is 5.28. The highest BCUT2D eigenvalue weighted by atomic mass is 16.5. The average molecular weight is 235 g/mol. The van der Waals surface area contributed by atoms with Gasteiger partial charge >= 0.3 is 0 Å². The molecule has 1 aromatic rings. The smallest absolute Gasteiger partial charge is 0.240 e. The molecule has 0 aromatic carbocycles. The predicted octanol–water partition coefficient (Wildman–Crippen LogP) is 2.33. The fraction of sp³-hybridized carbons (Fsp3) is 0.750. The number of nitrogens with zero attached hydrogens (tertiary/aromatic N) is 3. The van der Waals surface area contributed by atoms with Crippen molar-refractivity contribution in [2.45, 2.75) is 51.0 Å². The highest BCUT2D eigenvalue weighted by molar-refractivity contribution is 5.04. The van der Waals surface area contributed by atoms with Gasteiger partial charge in [-0.25, -0.2) is 0 Å². The van der Waals surface area contributed by atoms with Crippen molar-refractivity contribution in [3.05, 3.63) is 11.7 Å². The molecule has 1 heterocycles. The molecular formula is C12H17N3O2. The predicted molar refractivity (Wildman–Crippen MR) is 60.0 cm³/mol. The quantitative estimate of drug-likeness (QED) is 0.800. The molecule has 2 rings (SSSR count). The maximum Gasteiger partial charge on any atom is 0.240 e. The average Bonchev–Trinajstić information content (AvgIpc) is 2.80. The van der Waals surface area contributed by atoms with Crippen LogP contribution in [0, 0.1) is 11.3 Å². The molecule has 5 heteroatoms. The molecule has 0 amide bonds. The molecule has 1 aliphatic carbocycles. The molecule has 1 fully saturated rings. The van der Waals surface area contributed by atoms with Gasteiger partial charge in [0.25, 0.3) is 0 Å². The van der Waals surface area contributed by atoms with Gasteiger partial charge in [-0.05, 0) is 19.8 Å². The van der Waals surface area contributed by atoms with E-state index in [2.05, 4.69) is 10.1 Å². The van der Waals surface area contributed by atoms with E-state index in [1.165, 1.54) is 6.42 Å². The molecule has 0 atom stereocenters. The molecule has 17 heavy (non-hydrogen) atoms. The molecule has 1 aromatic heterocycles. The molecule has 0 unspecified atom stereocenters. The normalized spacial score (nSPS) is 18.8. The Bertz CT molecular complexity index is 397. The van der Waals surface area contributed by atoms with E-state index in [1.807, 2.05) is 13.0 Å². The molecular weight excluding hydrogens is 218 g/mol. The largest absolute Gasteiger partial charge is 0.367 e. The Kier molecular flexibility index (Phi) is 3.75.